The topological polar surface area (TPSA) is 3.24 Å². The lowest BCUT2D eigenvalue weighted by atomic mass is 9.82. The number of rotatable bonds is 4. The molecule has 1 atom stereocenters. The van der Waals surface area contributed by atoms with Crippen LogP contribution in [0.5, 0.6) is 0 Å². The van der Waals surface area contributed by atoms with Crippen molar-refractivity contribution in [3.05, 3.63) is 0 Å². The van der Waals surface area contributed by atoms with Gasteiger partial charge in [0.15, 0.2) is 0 Å². The van der Waals surface area contributed by atoms with Crippen LogP contribution >= 0.6 is 15.9 Å². The quantitative estimate of drug-likeness (QED) is 0.706. The van der Waals surface area contributed by atoms with Gasteiger partial charge < -0.3 is 4.90 Å². The molecule has 1 fully saturated rings. The maximum atomic E-state index is 3.64. The summed E-state index contributed by atoms with van der Waals surface area (Å²) in [5, 5.41) is 1.14. The van der Waals surface area contributed by atoms with Crippen molar-refractivity contribution in [2.24, 2.45) is 17.3 Å². The van der Waals surface area contributed by atoms with Crippen LogP contribution in [0.1, 0.15) is 40.5 Å². The van der Waals surface area contributed by atoms with Gasteiger partial charge in [-0.1, -0.05) is 43.6 Å². The van der Waals surface area contributed by atoms with E-state index >= 15 is 0 Å². The highest BCUT2D eigenvalue weighted by Gasteiger charge is 2.26. The van der Waals surface area contributed by atoms with Crippen molar-refractivity contribution < 1.29 is 0 Å². The average Bonchev–Trinajstić information content (AvgIpc) is 2.15. The fraction of sp³-hybridized carbons (Fsp3) is 1.00. The van der Waals surface area contributed by atoms with E-state index in [0.29, 0.717) is 5.41 Å². The molecule has 1 heterocycles. The lowest BCUT2D eigenvalue weighted by Gasteiger charge is -2.38. The van der Waals surface area contributed by atoms with Crippen molar-refractivity contribution in [1.29, 1.82) is 0 Å². The fourth-order valence-corrected chi connectivity index (χ4v) is 3.06. The molecule has 0 radical (unpaired) electrons. The maximum absolute atomic E-state index is 3.64. The van der Waals surface area contributed by atoms with Gasteiger partial charge in [-0.3, -0.25) is 0 Å². The minimum atomic E-state index is 0.582. The van der Waals surface area contributed by atoms with Crippen molar-refractivity contribution >= 4 is 15.9 Å². The summed E-state index contributed by atoms with van der Waals surface area (Å²) in [6, 6.07) is 0. The number of likely N-dealkylation sites (tertiary alicyclic amines) is 1. The van der Waals surface area contributed by atoms with Crippen LogP contribution < -0.4 is 0 Å². The standard InChI is InChI=1S/C13H26BrN/c1-11(2)12(9-14)10-15-7-5-13(3,4)6-8-15/h11-12H,5-10H2,1-4H3. The van der Waals surface area contributed by atoms with E-state index in [0.717, 1.165) is 17.2 Å². The molecule has 0 saturated carbocycles. The Morgan fingerprint density at radius 1 is 1.20 bits per heavy atom. The summed E-state index contributed by atoms with van der Waals surface area (Å²) in [5.74, 6) is 1.60. The first-order valence-corrected chi connectivity index (χ1v) is 7.35. The first kappa shape index (κ1) is 13.5. The zero-order valence-electron chi connectivity index (χ0n) is 10.7. The molecule has 1 saturated heterocycles. The smallest absolute Gasteiger partial charge is 0.00743 e. The van der Waals surface area contributed by atoms with E-state index < -0.39 is 0 Å². The summed E-state index contributed by atoms with van der Waals surface area (Å²) < 4.78 is 0. The van der Waals surface area contributed by atoms with E-state index in [1.807, 2.05) is 0 Å². The number of hydrogen-bond donors (Lipinski definition) is 0. The lowest BCUT2D eigenvalue weighted by Crippen LogP contribution is -2.41. The first-order valence-electron chi connectivity index (χ1n) is 6.23. The SMILES string of the molecule is CC(C)C(CBr)CN1CCC(C)(C)CC1. The van der Waals surface area contributed by atoms with Gasteiger partial charge in [-0.25, -0.2) is 0 Å². The molecule has 0 aromatic heterocycles. The summed E-state index contributed by atoms with van der Waals surface area (Å²) in [6.07, 6.45) is 2.72. The van der Waals surface area contributed by atoms with Crippen molar-refractivity contribution in [3.8, 4) is 0 Å². The maximum Gasteiger partial charge on any atom is 0.00743 e. The normalized spacial score (nSPS) is 24.4. The van der Waals surface area contributed by atoms with Crippen LogP contribution in [-0.2, 0) is 0 Å². The van der Waals surface area contributed by atoms with Gasteiger partial charge in [-0.05, 0) is 43.2 Å². The Kier molecular flexibility index (Phi) is 5.11. The van der Waals surface area contributed by atoms with Crippen LogP contribution in [0, 0.1) is 17.3 Å². The highest BCUT2D eigenvalue weighted by molar-refractivity contribution is 9.09. The van der Waals surface area contributed by atoms with E-state index in [2.05, 4.69) is 48.5 Å². The molecule has 0 amide bonds. The van der Waals surface area contributed by atoms with Gasteiger partial charge in [0.1, 0.15) is 0 Å². The molecule has 0 spiro atoms. The molecule has 1 aliphatic heterocycles. The zero-order chi connectivity index (χ0) is 11.5. The Hall–Kier alpha value is 0.440. The van der Waals surface area contributed by atoms with E-state index in [1.54, 1.807) is 0 Å². The summed E-state index contributed by atoms with van der Waals surface area (Å²) >= 11 is 3.64. The Bertz CT molecular complexity index is 179. The van der Waals surface area contributed by atoms with Crippen molar-refractivity contribution in [3.63, 3.8) is 0 Å². The molecule has 1 rings (SSSR count). The number of piperidine rings is 1. The number of nitrogens with zero attached hydrogens (tertiary/aromatic N) is 1. The Labute approximate surface area is 104 Å². The highest BCUT2D eigenvalue weighted by atomic mass is 79.9. The summed E-state index contributed by atoms with van der Waals surface area (Å²) in [6.45, 7) is 13.3. The molecular formula is C13H26BrN. The fourth-order valence-electron chi connectivity index (χ4n) is 2.11. The molecule has 2 heteroatoms. The Morgan fingerprint density at radius 3 is 2.13 bits per heavy atom. The molecule has 15 heavy (non-hydrogen) atoms. The lowest BCUT2D eigenvalue weighted by molar-refractivity contribution is 0.112. The van der Waals surface area contributed by atoms with Gasteiger partial charge in [0.25, 0.3) is 0 Å². The first-order chi connectivity index (χ1) is 6.94. The second-order valence-corrected chi connectivity index (χ2v) is 6.77. The molecule has 90 valence electrons. The number of alkyl halides is 1. The van der Waals surface area contributed by atoms with E-state index in [4.69, 9.17) is 0 Å². The third-order valence-corrected chi connectivity index (χ3v) is 4.67. The van der Waals surface area contributed by atoms with Crippen LogP contribution in [0.3, 0.4) is 0 Å². The molecule has 0 aliphatic carbocycles. The molecular weight excluding hydrogens is 250 g/mol. The summed E-state index contributed by atoms with van der Waals surface area (Å²) in [5.41, 5.74) is 0.582. The Morgan fingerprint density at radius 2 is 1.73 bits per heavy atom. The third-order valence-electron chi connectivity index (χ3n) is 3.84. The summed E-state index contributed by atoms with van der Waals surface area (Å²) in [7, 11) is 0. The van der Waals surface area contributed by atoms with Crippen molar-refractivity contribution in [2.45, 2.75) is 40.5 Å². The molecule has 0 aromatic carbocycles. The summed E-state index contributed by atoms with van der Waals surface area (Å²) in [4.78, 5) is 2.65. The van der Waals surface area contributed by atoms with Gasteiger partial charge in [-0.2, -0.15) is 0 Å². The predicted molar refractivity (Wildman–Crippen MR) is 71.6 cm³/mol. The molecule has 1 aliphatic rings. The monoisotopic (exact) mass is 275 g/mol. The minimum absolute atomic E-state index is 0.582. The van der Waals surface area contributed by atoms with Gasteiger partial charge in [0.2, 0.25) is 0 Å². The predicted octanol–water partition coefficient (Wildman–Crippen LogP) is 3.78. The molecule has 1 unspecified atom stereocenters. The number of halogens is 1. The van der Waals surface area contributed by atoms with Crippen LogP contribution in [0.15, 0.2) is 0 Å². The second kappa shape index (κ2) is 5.67. The van der Waals surface area contributed by atoms with Crippen LogP contribution in [0.25, 0.3) is 0 Å². The number of hydrogen-bond acceptors (Lipinski definition) is 1. The Balaban J connectivity index is 2.34. The molecule has 1 nitrogen and oxygen atoms in total. The minimum Gasteiger partial charge on any atom is -0.303 e. The van der Waals surface area contributed by atoms with Crippen LogP contribution in [-0.4, -0.2) is 29.9 Å². The largest absolute Gasteiger partial charge is 0.303 e. The van der Waals surface area contributed by atoms with Gasteiger partial charge in [0, 0.05) is 11.9 Å². The molecule has 0 aromatic rings. The third kappa shape index (κ3) is 4.44. The van der Waals surface area contributed by atoms with E-state index in [9.17, 15) is 0 Å². The van der Waals surface area contributed by atoms with Crippen LogP contribution in [0.2, 0.25) is 0 Å². The van der Waals surface area contributed by atoms with Crippen molar-refractivity contribution in [2.75, 3.05) is 25.0 Å². The van der Waals surface area contributed by atoms with E-state index in [-0.39, 0.29) is 0 Å². The molecule has 0 N–H and O–H groups in total. The highest BCUT2D eigenvalue weighted by Crippen LogP contribution is 2.30. The van der Waals surface area contributed by atoms with Gasteiger partial charge >= 0.3 is 0 Å². The average molecular weight is 276 g/mol. The zero-order valence-corrected chi connectivity index (χ0v) is 12.3. The van der Waals surface area contributed by atoms with Gasteiger partial charge in [0.05, 0.1) is 0 Å². The second-order valence-electron chi connectivity index (χ2n) is 6.12. The van der Waals surface area contributed by atoms with Gasteiger partial charge in [-0.15, -0.1) is 0 Å². The van der Waals surface area contributed by atoms with Crippen molar-refractivity contribution in [1.82, 2.24) is 4.90 Å². The van der Waals surface area contributed by atoms with Crippen LogP contribution in [0.4, 0.5) is 0 Å². The van der Waals surface area contributed by atoms with E-state index in [1.165, 1.54) is 32.5 Å². The molecule has 0 bridgehead atoms.